The third-order valence-corrected chi connectivity index (χ3v) is 2.99. The smallest absolute Gasteiger partial charge is 0.186 e. The number of aliphatic hydroxyl groups is 1. The molecular weight excluding hydrogens is 233 g/mol. The second-order valence-corrected chi connectivity index (χ2v) is 4.38. The van der Waals surface area contributed by atoms with Gasteiger partial charge in [0.15, 0.2) is 11.6 Å². The molecule has 102 valence electrons. The third-order valence-electron chi connectivity index (χ3n) is 2.99. The molecule has 0 aliphatic rings. The second-order valence-electron chi connectivity index (χ2n) is 4.38. The Kier molecular flexibility index (Phi) is 6.57. The summed E-state index contributed by atoms with van der Waals surface area (Å²) in [4.78, 5) is 7.81. The summed E-state index contributed by atoms with van der Waals surface area (Å²) in [5.74, 6) is 0.250. The van der Waals surface area contributed by atoms with Crippen LogP contribution in [0.4, 0.5) is 10.2 Å². The number of halogens is 1. The fourth-order valence-electron chi connectivity index (χ4n) is 1.96. The van der Waals surface area contributed by atoms with Gasteiger partial charge in [-0.2, -0.15) is 0 Å². The monoisotopic (exact) mass is 255 g/mol. The fraction of sp³-hybridized carbons (Fsp3) is 0.692. The predicted octanol–water partition coefficient (Wildman–Crippen LogP) is 2.39. The zero-order valence-electron chi connectivity index (χ0n) is 11.1. The van der Waals surface area contributed by atoms with Gasteiger partial charge in [-0.25, -0.2) is 14.4 Å². The Morgan fingerprint density at radius 2 is 2.11 bits per heavy atom. The average molecular weight is 255 g/mol. The maximum Gasteiger partial charge on any atom is 0.186 e. The van der Waals surface area contributed by atoms with E-state index in [1.54, 1.807) is 0 Å². The van der Waals surface area contributed by atoms with Crippen molar-refractivity contribution >= 4 is 5.82 Å². The van der Waals surface area contributed by atoms with Gasteiger partial charge in [0.1, 0.15) is 6.33 Å². The Labute approximate surface area is 108 Å². The van der Waals surface area contributed by atoms with Gasteiger partial charge in [-0.05, 0) is 25.2 Å². The number of hydrogen-bond acceptors (Lipinski definition) is 4. The van der Waals surface area contributed by atoms with Crippen LogP contribution in [-0.2, 0) is 6.42 Å². The molecule has 0 fully saturated rings. The highest BCUT2D eigenvalue weighted by Crippen LogP contribution is 2.16. The van der Waals surface area contributed by atoms with Crippen molar-refractivity contribution < 1.29 is 9.50 Å². The number of rotatable bonds is 8. The van der Waals surface area contributed by atoms with Gasteiger partial charge in [0, 0.05) is 13.2 Å². The third kappa shape index (κ3) is 4.22. The van der Waals surface area contributed by atoms with Gasteiger partial charge >= 0.3 is 0 Å². The van der Waals surface area contributed by atoms with Gasteiger partial charge in [-0.1, -0.05) is 20.3 Å². The summed E-state index contributed by atoms with van der Waals surface area (Å²) in [6.07, 6.45) is 4.73. The van der Waals surface area contributed by atoms with E-state index in [1.807, 2.05) is 6.92 Å². The van der Waals surface area contributed by atoms with Crippen molar-refractivity contribution in [3.63, 3.8) is 0 Å². The molecule has 0 aliphatic carbocycles. The lowest BCUT2D eigenvalue weighted by molar-refractivity contribution is 0.255. The summed E-state index contributed by atoms with van der Waals surface area (Å²) in [6.45, 7) is 4.76. The van der Waals surface area contributed by atoms with Gasteiger partial charge < -0.3 is 10.4 Å². The molecule has 0 amide bonds. The average Bonchev–Trinajstić information content (AvgIpc) is 2.38. The van der Waals surface area contributed by atoms with Crippen LogP contribution in [0.3, 0.4) is 0 Å². The molecule has 1 aromatic heterocycles. The Balaban J connectivity index is 2.61. The van der Waals surface area contributed by atoms with Gasteiger partial charge in [0.05, 0.1) is 5.69 Å². The predicted molar refractivity (Wildman–Crippen MR) is 70.0 cm³/mol. The highest BCUT2D eigenvalue weighted by molar-refractivity contribution is 5.37. The molecule has 0 spiro atoms. The molecule has 0 saturated carbocycles. The first-order chi connectivity index (χ1) is 8.72. The molecule has 1 heterocycles. The summed E-state index contributed by atoms with van der Waals surface area (Å²) in [5, 5.41) is 12.0. The van der Waals surface area contributed by atoms with Gasteiger partial charge in [-0.3, -0.25) is 0 Å². The molecule has 0 saturated heterocycles. The number of nitrogens with one attached hydrogen (secondary N) is 1. The van der Waals surface area contributed by atoms with E-state index in [2.05, 4.69) is 22.2 Å². The first-order valence-electron chi connectivity index (χ1n) is 6.56. The zero-order chi connectivity index (χ0) is 13.4. The molecule has 1 unspecified atom stereocenters. The SMILES string of the molecule is CCCC(CCO)CNc1ncnc(CC)c1F. The molecule has 1 atom stereocenters. The summed E-state index contributed by atoms with van der Waals surface area (Å²) in [7, 11) is 0. The summed E-state index contributed by atoms with van der Waals surface area (Å²) >= 11 is 0. The molecule has 18 heavy (non-hydrogen) atoms. The van der Waals surface area contributed by atoms with Crippen molar-refractivity contribution in [2.45, 2.75) is 39.5 Å². The number of aliphatic hydroxyl groups excluding tert-OH is 1. The van der Waals surface area contributed by atoms with Crippen LogP contribution in [0.15, 0.2) is 6.33 Å². The highest BCUT2D eigenvalue weighted by atomic mass is 19.1. The van der Waals surface area contributed by atoms with Crippen LogP contribution in [0, 0.1) is 11.7 Å². The number of nitrogens with zero attached hydrogens (tertiary/aromatic N) is 2. The van der Waals surface area contributed by atoms with Crippen molar-refractivity contribution in [3.8, 4) is 0 Å². The number of aromatic nitrogens is 2. The molecule has 5 heteroatoms. The van der Waals surface area contributed by atoms with Gasteiger partial charge in [0.2, 0.25) is 0 Å². The van der Waals surface area contributed by atoms with Crippen LogP contribution in [0.1, 0.15) is 38.8 Å². The minimum atomic E-state index is -0.362. The zero-order valence-corrected chi connectivity index (χ0v) is 11.1. The van der Waals surface area contributed by atoms with Gasteiger partial charge in [-0.15, -0.1) is 0 Å². The van der Waals surface area contributed by atoms with Crippen LogP contribution in [-0.4, -0.2) is 28.2 Å². The minimum Gasteiger partial charge on any atom is -0.396 e. The van der Waals surface area contributed by atoms with E-state index >= 15 is 0 Å². The normalized spacial score (nSPS) is 12.4. The number of hydrogen-bond donors (Lipinski definition) is 2. The quantitative estimate of drug-likeness (QED) is 0.749. The molecule has 0 bridgehead atoms. The molecule has 2 N–H and O–H groups in total. The van der Waals surface area contributed by atoms with E-state index in [0.29, 0.717) is 24.6 Å². The highest BCUT2D eigenvalue weighted by Gasteiger charge is 2.12. The maximum absolute atomic E-state index is 13.9. The maximum atomic E-state index is 13.9. The van der Waals surface area contributed by atoms with E-state index in [-0.39, 0.29) is 18.2 Å². The number of aryl methyl sites for hydroxylation is 1. The summed E-state index contributed by atoms with van der Waals surface area (Å²) in [5.41, 5.74) is 0.432. The van der Waals surface area contributed by atoms with Crippen LogP contribution in [0.5, 0.6) is 0 Å². The van der Waals surface area contributed by atoms with Crippen molar-refractivity contribution in [2.75, 3.05) is 18.5 Å². The van der Waals surface area contributed by atoms with Crippen molar-refractivity contribution in [3.05, 3.63) is 17.8 Å². The first-order valence-corrected chi connectivity index (χ1v) is 6.56. The molecule has 0 radical (unpaired) electrons. The Morgan fingerprint density at radius 1 is 1.33 bits per heavy atom. The van der Waals surface area contributed by atoms with E-state index < -0.39 is 0 Å². The minimum absolute atomic E-state index is 0.165. The second kappa shape index (κ2) is 7.97. The van der Waals surface area contributed by atoms with Crippen molar-refractivity contribution in [2.24, 2.45) is 5.92 Å². The number of anilines is 1. The molecule has 4 nitrogen and oxygen atoms in total. The molecule has 1 aromatic rings. The molecule has 0 aliphatic heterocycles. The largest absolute Gasteiger partial charge is 0.396 e. The molecule has 0 aromatic carbocycles. The molecular formula is C13H22FN3O. The van der Waals surface area contributed by atoms with Gasteiger partial charge in [0.25, 0.3) is 0 Å². The van der Waals surface area contributed by atoms with Crippen LogP contribution in [0.25, 0.3) is 0 Å². The topological polar surface area (TPSA) is 58.0 Å². The van der Waals surface area contributed by atoms with E-state index in [4.69, 9.17) is 5.11 Å². The molecule has 1 rings (SSSR count). The summed E-state index contributed by atoms with van der Waals surface area (Å²) < 4.78 is 13.9. The van der Waals surface area contributed by atoms with E-state index in [1.165, 1.54) is 6.33 Å². The van der Waals surface area contributed by atoms with E-state index in [0.717, 1.165) is 19.3 Å². The van der Waals surface area contributed by atoms with Crippen LogP contribution >= 0.6 is 0 Å². The van der Waals surface area contributed by atoms with Crippen molar-refractivity contribution in [1.82, 2.24) is 9.97 Å². The lowest BCUT2D eigenvalue weighted by Crippen LogP contribution is -2.17. The van der Waals surface area contributed by atoms with Crippen LogP contribution < -0.4 is 5.32 Å². The fourth-order valence-corrected chi connectivity index (χ4v) is 1.96. The Bertz CT molecular complexity index is 354. The Hall–Kier alpha value is -1.23. The first kappa shape index (κ1) is 14.8. The summed E-state index contributed by atoms with van der Waals surface area (Å²) in [6, 6.07) is 0. The lowest BCUT2D eigenvalue weighted by Gasteiger charge is -2.16. The Morgan fingerprint density at radius 3 is 2.72 bits per heavy atom. The van der Waals surface area contributed by atoms with Crippen molar-refractivity contribution in [1.29, 1.82) is 0 Å². The standard InChI is InChI=1S/C13H22FN3O/c1-3-5-10(6-7-18)8-15-13-12(14)11(4-2)16-9-17-13/h9-10,18H,3-8H2,1-2H3,(H,15,16,17). The lowest BCUT2D eigenvalue weighted by atomic mass is 10.0. The van der Waals surface area contributed by atoms with Crippen LogP contribution in [0.2, 0.25) is 0 Å². The van der Waals surface area contributed by atoms with E-state index in [9.17, 15) is 4.39 Å².